The Morgan fingerprint density at radius 2 is 1.53 bits per heavy atom. The van der Waals surface area contributed by atoms with Crippen molar-refractivity contribution in [3.63, 3.8) is 0 Å². The van der Waals surface area contributed by atoms with Crippen LogP contribution < -0.4 is 50.6 Å². The number of aromatic amines is 1. The van der Waals surface area contributed by atoms with Gasteiger partial charge in [0.1, 0.15) is 17.9 Å². The molecule has 1 saturated heterocycles. The van der Waals surface area contributed by atoms with Gasteiger partial charge in [-0.2, -0.15) is 0 Å². The molecule has 0 saturated carbocycles. The fraction of sp³-hybridized carbons (Fsp3) is 0.455. The molecule has 1 aliphatic rings. The van der Waals surface area contributed by atoms with E-state index in [1.54, 1.807) is 17.2 Å². The Kier molecular flexibility index (Phi) is 13.9. The number of nitrogens with one attached hydrogen (secondary N) is 4. The second kappa shape index (κ2) is 17.3. The molecule has 3 atom stereocenters. The van der Waals surface area contributed by atoms with E-state index in [4.69, 9.17) is 0 Å². The van der Waals surface area contributed by atoms with E-state index in [-0.39, 0.29) is 54.3 Å². The maximum atomic E-state index is 13.8. The van der Waals surface area contributed by atoms with E-state index in [0.29, 0.717) is 25.1 Å². The first kappa shape index (κ1) is 36.1. The number of benzene rings is 2. The quantitative estimate of drug-likeness (QED) is 0.205. The summed E-state index contributed by atoms with van der Waals surface area (Å²) in [6, 6.07) is 9.05. The minimum atomic E-state index is -1.54. The number of halogens is 1. The first-order valence-electron chi connectivity index (χ1n) is 15.3. The van der Waals surface area contributed by atoms with E-state index >= 15 is 0 Å². The third-order valence-corrected chi connectivity index (χ3v) is 7.88. The summed E-state index contributed by atoms with van der Waals surface area (Å²) in [6.45, 7) is 5.10. The maximum absolute atomic E-state index is 13.8. The summed E-state index contributed by atoms with van der Waals surface area (Å²) in [7, 11) is 0. The average Bonchev–Trinajstić information content (AvgIpc) is 3.18. The number of hydrogen-bond donors (Lipinski definition) is 4. The molecule has 1 aromatic heterocycles. The minimum Gasteiger partial charge on any atom is -0.548 e. The predicted octanol–water partition coefficient (Wildman–Crippen LogP) is -0.184. The zero-order chi connectivity index (χ0) is 31.6. The van der Waals surface area contributed by atoms with E-state index in [9.17, 15) is 28.7 Å². The fourth-order valence-electron chi connectivity index (χ4n) is 5.58. The van der Waals surface area contributed by atoms with Crippen molar-refractivity contribution < 1.29 is 58.2 Å². The van der Waals surface area contributed by atoms with Gasteiger partial charge in [-0.3, -0.25) is 9.59 Å². The standard InChI is InChI=1S/C33H42FN5O5.Na/c1-21(2)16-27(38-33(44)39-14-7-3-4-8-15-39)30(40)36-28(19-23-20-35-26-13-6-5-12-25(23)26)31(41)37-29(32(42)43)18-22-10-9-11-24(34)17-22;/h5-6,9-13,17,20-21,27-29,35H,3-4,7-8,14-16,18-19H2,1-2H3,(H,36,40)(H,37,41)(H,38,44)(H,42,43);/q;+1/p-1/t27-,28+,29+;/m0./s1. The van der Waals surface area contributed by atoms with Gasteiger partial charge in [-0.25, -0.2) is 9.18 Å². The molecule has 0 aliphatic carbocycles. The topological polar surface area (TPSA) is 146 Å². The molecule has 0 unspecified atom stereocenters. The van der Waals surface area contributed by atoms with Crippen molar-refractivity contribution in [2.45, 2.75) is 76.9 Å². The Morgan fingerprint density at radius 3 is 2.20 bits per heavy atom. The zero-order valence-corrected chi connectivity index (χ0v) is 28.2. The molecule has 0 bridgehead atoms. The van der Waals surface area contributed by atoms with Crippen LogP contribution in [0.1, 0.15) is 57.1 Å². The third kappa shape index (κ3) is 10.6. The molecule has 2 aromatic carbocycles. The molecule has 3 aromatic rings. The van der Waals surface area contributed by atoms with Gasteiger partial charge in [0.05, 0.1) is 12.0 Å². The fourth-order valence-corrected chi connectivity index (χ4v) is 5.58. The number of aromatic nitrogens is 1. The number of carboxylic acids is 1. The van der Waals surface area contributed by atoms with E-state index < -0.39 is 41.7 Å². The Labute approximate surface area is 285 Å². The molecule has 0 spiro atoms. The number of urea groups is 1. The van der Waals surface area contributed by atoms with Crippen LogP contribution in [0.25, 0.3) is 10.9 Å². The summed E-state index contributed by atoms with van der Waals surface area (Å²) in [5.41, 5.74) is 1.95. The Bertz CT molecular complexity index is 1460. The number of nitrogens with zero attached hydrogens (tertiary/aromatic N) is 1. The SMILES string of the molecule is CC(C)C[C@H](NC(=O)N1CCCCCC1)C(=O)N[C@H](Cc1c[nH]c2ccccc12)C(=O)N[C@H](Cc1cccc(F)c1)C(=O)[O-].[Na+]. The molecule has 236 valence electrons. The van der Waals surface area contributed by atoms with Crippen molar-refractivity contribution >= 4 is 34.7 Å². The van der Waals surface area contributed by atoms with E-state index in [2.05, 4.69) is 20.9 Å². The second-order valence-electron chi connectivity index (χ2n) is 11.9. The summed E-state index contributed by atoms with van der Waals surface area (Å²) in [6.07, 6.45) is 5.83. The number of likely N-dealkylation sites (tertiary alicyclic amines) is 1. The predicted molar refractivity (Wildman–Crippen MR) is 163 cm³/mol. The number of carbonyl (C=O) groups excluding carboxylic acids is 4. The molecular formula is C33H41FN5NaO5. The van der Waals surface area contributed by atoms with Gasteiger partial charge in [0.25, 0.3) is 0 Å². The first-order valence-corrected chi connectivity index (χ1v) is 15.3. The number of para-hydroxylation sites is 1. The zero-order valence-electron chi connectivity index (χ0n) is 26.2. The van der Waals surface area contributed by atoms with E-state index in [1.807, 2.05) is 38.1 Å². The summed E-state index contributed by atoms with van der Waals surface area (Å²) in [5, 5.41) is 21.0. The van der Waals surface area contributed by atoms with Crippen molar-refractivity contribution in [3.8, 4) is 0 Å². The molecule has 10 nitrogen and oxygen atoms in total. The minimum absolute atomic E-state index is 0. The van der Waals surface area contributed by atoms with Crippen LogP contribution in [-0.2, 0) is 27.2 Å². The summed E-state index contributed by atoms with van der Waals surface area (Å²) in [4.78, 5) is 57.4. The van der Waals surface area contributed by atoms with Crippen LogP contribution in [0.15, 0.2) is 54.7 Å². The first-order chi connectivity index (χ1) is 21.1. The van der Waals surface area contributed by atoms with Gasteiger partial charge in [-0.1, -0.05) is 57.0 Å². The van der Waals surface area contributed by atoms with E-state index in [0.717, 1.165) is 42.1 Å². The van der Waals surface area contributed by atoms with Gasteiger partial charge in [-0.05, 0) is 60.9 Å². The largest absolute Gasteiger partial charge is 1.00 e. The number of H-pyrrole nitrogens is 1. The molecule has 4 N–H and O–H groups in total. The molecule has 4 amide bonds. The third-order valence-electron chi connectivity index (χ3n) is 7.88. The van der Waals surface area contributed by atoms with Gasteiger partial charge in [-0.15, -0.1) is 0 Å². The smallest absolute Gasteiger partial charge is 0.548 e. The average molecular weight is 630 g/mol. The number of amides is 4. The summed E-state index contributed by atoms with van der Waals surface area (Å²) < 4.78 is 13.8. The number of aliphatic carboxylic acids is 1. The van der Waals surface area contributed by atoms with Crippen LogP contribution in [0, 0.1) is 11.7 Å². The Morgan fingerprint density at radius 1 is 0.867 bits per heavy atom. The molecule has 45 heavy (non-hydrogen) atoms. The van der Waals surface area contributed by atoms with E-state index in [1.165, 1.54) is 18.2 Å². The van der Waals surface area contributed by atoms with Gasteiger partial charge in [0, 0.05) is 36.6 Å². The van der Waals surface area contributed by atoms with Crippen LogP contribution in [0.2, 0.25) is 0 Å². The van der Waals surface area contributed by atoms with Gasteiger partial charge >= 0.3 is 35.6 Å². The second-order valence-corrected chi connectivity index (χ2v) is 11.9. The normalized spacial score (nSPS) is 15.3. The van der Waals surface area contributed by atoms with Crippen LogP contribution in [-0.4, -0.2) is 64.9 Å². The number of fused-ring (bicyclic) bond motifs is 1. The number of rotatable bonds is 12. The van der Waals surface area contributed by atoms with Gasteiger partial charge in [0.2, 0.25) is 11.8 Å². The molecule has 0 radical (unpaired) electrons. The molecule has 1 fully saturated rings. The van der Waals surface area contributed by atoms with Gasteiger partial charge < -0.3 is 35.7 Å². The van der Waals surface area contributed by atoms with Crippen LogP contribution in [0.4, 0.5) is 9.18 Å². The van der Waals surface area contributed by atoms with Crippen molar-refractivity contribution in [1.29, 1.82) is 0 Å². The van der Waals surface area contributed by atoms with Crippen molar-refractivity contribution in [3.05, 3.63) is 71.7 Å². The van der Waals surface area contributed by atoms with Crippen LogP contribution in [0.3, 0.4) is 0 Å². The number of carbonyl (C=O) groups is 4. The maximum Gasteiger partial charge on any atom is 1.00 e. The summed E-state index contributed by atoms with van der Waals surface area (Å²) in [5.74, 6) is -3.30. The Balaban J connectivity index is 0.00000552. The monoisotopic (exact) mass is 629 g/mol. The number of hydrogen-bond acceptors (Lipinski definition) is 5. The van der Waals surface area contributed by atoms with Crippen molar-refractivity contribution in [2.75, 3.05) is 13.1 Å². The molecular weight excluding hydrogens is 588 g/mol. The molecule has 12 heteroatoms. The summed E-state index contributed by atoms with van der Waals surface area (Å²) >= 11 is 0. The molecule has 1 aliphatic heterocycles. The van der Waals surface area contributed by atoms with Crippen LogP contribution in [0.5, 0.6) is 0 Å². The van der Waals surface area contributed by atoms with Crippen molar-refractivity contribution in [1.82, 2.24) is 25.8 Å². The van der Waals surface area contributed by atoms with Crippen molar-refractivity contribution in [2.24, 2.45) is 5.92 Å². The molecule has 2 heterocycles. The van der Waals surface area contributed by atoms with Crippen LogP contribution >= 0.6 is 0 Å². The van der Waals surface area contributed by atoms with Gasteiger partial charge in [0.15, 0.2) is 0 Å². The molecule has 4 rings (SSSR count). The number of carboxylic acid groups (broad SMARTS) is 1. The Hall–Kier alpha value is -3.41.